The number of hydrogen-bond acceptors (Lipinski definition) is 5. The summed E-state index contributed by atoms with van der Waals surface area (Å²) < 4.78 is 25.7. The first kappa shape index (κ1) is 16.1. The number of nitro benzene ring substituents is 1. The predicted octanol–water partition coefficient (Wildman–Crippen LogP) is 1.29. The van der Waals surface area contributed by atoms with Crippen LogP contribution in [0.2, 0.25) is 5.02 Å². The number of carbonyl (C=O) groups is 1. The van der Waals surface area contributed by atoms with Gasteiger partial charge in [-0.3, -0.25) is 19.0 Å². The average Bonchev–Trinajstić information content (AvgIpc) is 2.34. The molecule has 11 heteroatoms. The number of hydrogen-bond donors (Lipinski definition) is 2. The van der Waals surface area contributed by atoms with Gasteiger partial charge in [0, 0.05) is 6.07 Å². The SMILES string of the molecule is NC(=O)OCCN(c1ccc(Cl)c([N+](=O)[O-])c1)S(=O)O. The summed E-state index contributed by atoms with van der Waals surface area (Å²) in [6.45, 7) is -0.428. The Morgan fingerprint density at radius 3 is 2.75 bits per heavy atom. The minimum Gasteiger partial charge on any atom is -0.448 e. The number of rotatable bonds is 6. The van der Waals surface area contributed by atoms with Crippen LogP contribution in [0.1, 0.15) is 0 Å². The van der Waals surface area contributed by atoms with Gasteiger partial charge in [-0.2, -0.15) is 0 Å². The number of nitrogens with two attached hydrogens (primary N) is 1. The summed E-state index contributed by atoms with van der Waals surface area (Å²) in [5, 5.41) is 10.6. The van der Waals surface area contributed by atoms with Crippen LogP contribution >= 0.6 is 11.6 Å². The lowest BCUT2D eigenvalue weighted by molar-refractivity contribution is -0.384. The van der Waals surface area contributed by atoms with E-state index < -0.39 is 28.0 Å². The van der Waals surface area contributed by atoms with E-state index in [1.165, 1.54) is 12.1 Å². The van der Waals surface area contributed by atoms with Crippen LogP contribution in [-0.2, 0) is 16.0 Å². The number of nitro groups is 1. The molecule has 9 nitrogen and oxygen atoms in total. The van der Waals surface area contributed by atoms with Gasteiger partial charge >= 0.3 is 6.09 Å². The zero-order valence-corrected chi connectivity index (χ0v) is 11.5. The predicted molar refractivity (Wildman–Crippen MR) is 71.8 cm³/mol. The summed E-state index contributed by atoms with van der Waals surface area (Å²) in [5.74, 6) is 0. The molecule has 0 fully saturated rings. The normalized spacial score (nSPS) is 11.7. The van der Waals surface area contributed by atoms with Gasteiger partial charge < -0.3 is 10.5 Å². The first-order valence-electron chi connectivity index (χ1n) is 5.07. The number of amides is 1. The Labute approximate surface area is 120 Å². The van der Waals surface area contributed by atoms with Crippen molar-refractivity contribution < 1.29 is 23.2 Å². The van der Waals surface area contributed by atoms with E-state index in [4.69, 9.17) is 21.9 Å². The summed E-state index contributed by atoms with van der Waals surface area (Å²) in [7, 11) is 0. The number of carbonyl (C=O) groups excluding carboxylic acids is 1. The maximum atomic E-state index is 11.2. The van der Waals surface area contributed by atoms with Gasteiger partial charge in [0.25, 0.3) is 17.0 Å². The molecule has 1 aromatic carbocycles. The molecule has 1 amide bonds. The van der Waals surface area contributed by atoms with Gasteiger partial charge in [0.05, 0.1) is 17.2 Å². The van der Waals surface area contributed by atoms with Crippen LogP contribution < -0.4 is 10.0 Å². The fraction of sp³-hybridized carbons (Fsp3) is 0.222. The molecule has 0 aromatic heterocycles. The average molecular weight is 324 g/mol. The molecule has 0 aliphatic carbocycles. The van der Waals surface area contributed by atoms with Crippen LogP contribution in [0, 0.1) is 10.1 Å². The van der Waals surface area contributed by atoms with Crippen molar-refractivity contribution in [3.63, 3.8) is 0 Å². The molecule has 1 rings (SSSR count). The molecule has 1 unspecified atom stereocenters. The van der Waals surface area contributed by atoms with Gasteiger partial charge in [0.1, 0.15) is 11.6 Å². The minimum absolute atomic E-state index is 0.0787. The van der Waals surface area contributed by atoms with Crippen LogP contribution in [0.3, 0.4) is 0 Å². The van der Waals surface area contributed by atoms with Gasteiger partial charge in [-0.25, -0.2) is 9.00 Å². The second kappa shape index (κ2) is 7.03. The molecular weight excluding hydrogens is 314 g/mol. The fourth-order valence-corrected chi connectivity index (χ4v) is 2.03. The van der Waals surface area contributed by atoms with Gasteiger partial charge in [-0.05, 0) is 12.1 Å². The molecule has 0 saturated carbocycles. The second-order valence-electron chi connectivity index (χ2n) is 3.39. The zero-order chi connectivity index (χ0) is 15.3. The van der Waals surface area contributed by atoms with Gasteiger partial charge in [-0.15, -0.1) is 0 Å². The third-order valence-corrected chi connectivity index (χ3v) is 3.23. The van der Waals surface area contributed by atoms with E-state index in [1.54, 1.807) is 0 Å². The van der Waals surface area contributed by atoms with Gasteiger partial charge in [0.15, 0.2) is 0 Å². The summed E-state index contributed by atoms with van der Waals surface area (Å²) >= 11 is 3.18. The zero-order valence-electron chi connectivity index (χ0n) is 9.89. The maximum Gasteiger partial charge on any atom is 0.404 e. The molecule has 0 spiro atoms. The molecule has 1 atom stereocenters. The number of ether oxygens (including phenoxy) is 1. The molecule has 0 aliphatic rings. The Kier molecular flexibility index (Phi) is 5.67. The molecule has 3 N–H and O–H groups in total. The number of benzene rings is 1. The van der Waals surface area contributed by atoms with E-state index in [1.807, 2.05) is 0 Å². The highest BCUT2D eigenvalue weighted by Crippen LogP contribution is 2.29. The largest absolute Gasteiger partial charge is 0.448 e. The Morgan fingerprint density at radius 1 is 1.60 bits per heavy atom. The first-order valence-corrected chi connectivity index (χ1v) is 6.51. The fourth-order valence-electron chi connectivity index (χ4n) is 1.32. The van der Waals surface area contributed by atoms with Crippen LogP contribution in [0.4, 0.5) is 16.2 Å². The van der Waals surface area contributed by atoms with Crippen molar-refractivity contribution in [3.8, 4) is 0 Å². The lowest BCUT2D eigenvalue weighted by atomic mass is 10.3. The van der Waals surface area contributed by atoms with E-state index in [0.717, 1.165) is 10.4 Å². The van der Waals surface area contributed by atoms with Crippen molar-refractivity contribution in [2.45, 2.75) is 0 Å². The number of primary amides is 1. The number of anilines is 1. The quantitative estimate of drug-likeness (QED) is 0.460. The number of nitrogens with zero attached hydrogens (tertiary/aromatic N) is 2. The van der Waals surface area contributed by atoms with Crippen molar-refractivity contribution in [3.05, 3.63) is 33.3 Å². The summed E-state index contributed by atoms with van der Waals surface area (Å²) in [6.07, 6.45) is -1.03. The summed E-state index contributed by atoms with van der Waals surface area (Å²) in [5.41, 5.74) is 4.42. The van der Waals surface area contributed by atoms with E-state index in [9.17, 15) is 19.1 Å². The van der Waals surface area contributed by atoms with Gasteiger partial charge in [-0.1, -0.05) is 11.6 Å². The van der Waals surface area contributed by atoms with Crippen LogP contribution in [0.15, 0.2) is 18.2 Å². The molecule has 0 heterocycles. The Morgan fingerprint density at radius 2 is 2.25 bits per heavy atom. The topological polar surface area (TPSA) is 136 Å². The highest BCUT2D eigenvalue weighted by molar-refractivity contribution is 7.80. The van der Waals surface area contributed by atoms with Crippen LogP contribution in [0.5, 0.6) is 0 Å². The van der Waals surface area contributed by atoms with E-state index >= 15 is 0 Å². The van der Waals surface area contributed by atoms with Crippen LogP contribution in [0.25, 0.3) is 0 Å². The van der Waals surface area contributed by atoms with E-state index in [0.29, 0.717) is 0 Å². The van der Waals surface area contributed by atoms with Crippen molar-refractivity contribution in [1.29, 1.82) is 0 Å². The van der Waals surface area contributed by atoms with Crippen LogP contribution in [-0.4, -0.2) is 32.9 Å². The third-order valence-electron chi connectivity index (χ3n) is 2.14. The van der Waals surface area contributed by atoms with Crippen molar-refractivity contribution in [2.24, 2.45) is 5.73 Å². The monoisotopic (exact) mass is 323 g/mol. The molecule has 0 saturated heterocycles. The molecule has 0 radical (unpaired) electrons. The molecule has 110 valence electrons. The molecule has 0 aliphatic heterocycles. The summed E-state index contributed by atoms with van der Waals surface area (Å²) in [6, 6.07) is 3.60. The Hall–Kier alpha value is -1.91. The molecule has 0 bridgehead atoms. The van der Waals surface area contributed by atoms with Crippen molar-refractivity contribution in [1.82, 2.24) is 0 Å². The smallest absolute Gasteiger partial charge is 0.404 e. The lowest BCUT2D eigenvalue weighted by Crippen LogP contribution is -2.30. The van der Waals surface area contributed by atoms with E-state index in [-0.39, 0.29) is 23.9 Å². The minimum atomic E-state index is -2.46. The highest BCUT2D eigenvalue weighted by Gasteiger charge is 2.19. The molecule has 20 heavy (non-hydrogen) atoms. The molecular formula is C9H10ClN3O6S. The highest BCUT2D eigenvalue weighted by atomic mass is 35.5. The summed E-state index contributed by atoms with van der Waals surface area (Å²) in [4.78, 5) is 20.4. The second-order valence-corrected chi connectivity index (χ2v) is 4.70. The van der Waals surface area contributed by atoms with E-state index in [2.05, 4.69) is 4.74 Å². The Bertz CT molecular complexity index is 554. The standard InChI is InChI=1S/C9H10ClN3O6S/c10-7-2-1-6(5-8(7)13(15)16)12(20(17)18)3-4-19-9(11)14/h1-2,5H,3-4H2,(H2,11,14)(H,17,18). The maximum absolute atomic E-state index is 11.2. The van der Waals surface area contributed by atoms with Gasteiger partial charge in [0.2, 0.25) is 0 Å². The first-order chi connectivity index (χ1) is 9.32. The third kappa shape index (κ3) is 4.33. The van der Waals surface area contributed by atoms with Crippen molar-refractivity contribution in [2.75, 3.05) is 17.5 Å². The Balaban J connectivity index is 2.97. The van der Waals surface area contributed by atoms with Crippen molar-refractivity contribution >= 4 is 40.3 Å². The molecule has 1 aromatic rings. The lowest BCUT2D eigenvalue weighted by Gasteiger charge is -2.19. The number of halogens is 1.